The molecule has 0 aliphatic heterocycles. The van der Waals surface area contributed by atoms with Gasteiger partial charge in [0.25, 0.3) is 0 Å². The lowest BCUT2D eigenvalue weighted by molar-refractivity contribution is 0.834. The lowest BCUT2D eigenvalue weighted by atomic mass is 11.0. The van der Waals surface area contributed by atoms with E-state index in [0.29, 0.717) is 0 Å². The Morgan fingerprint density at radius 3 is 2.86 bits per heavy atom. The van der Waals surface area contributed by atoms with Gasteiger partial charge in [0.1, 0.15) is 0 Å². The topological polar surface area (TPSA) is 36.5 Å². The second-order valence-electron chi connectivity index (χ2n) is 0.922. The predicted molar refractivity (Wildman–Crippen MR) is 29.9 cm³/mol. The lowest BCUT2D eigenvalue weighted by Gasteiger charge is -1.88. The summed E-state index contributed by atoms with van der Waals surface area (Å²) in [6.07, 6.45) is 1.73. The van der Waals surface area contributed by atoms with Crippen molar-refractivity contribution in [3.05, 3.63) is 11.6 Å². The van der Waals surface area contributed by atoms with E-state index < -0.39 is 0 Å². The Morgan fingerprint density at radius 2 is 2.57 bits per heavy atom. The molecule has 0 aliphatic carbocycles. The molecule has 1 rings (SSSR count). The predicted octanol–water partition coefficient (Wildman–Crippen LogP) is 1.33. The number of hydrogen-bond acceptors (Lipinski definition) is 1. The van der Waals surface area contributed by atoms with Crippen LogP contribution in [0.3, 0.4) is 0 Å². The lowest BCUT2D eigenvalue weighted by Crippen LogP contribution is -1.88. The van der Waals surface area contributed by atoms with Gasteiger partial charge >= 0.3 is 0 Å². The molecular formula is C2H4ClN3S. The van der Waals surface area contributed by atoms with Crippen LogP contribution in [-0.4, -0.2) is 13.9 Å². The molecule has 0 radical (unpaired) electrons. The van der Waals surface area contributed by atoms with E-state index in [1.165, 1.54) is 15.8 Å². The Labute approximate surface area is 49.4 Å². The number of H-pyrrole nitrogens is 2. The van der Waals surface area contributed by atoms with E-state index >= 15 is 0 Å². The van der Waals surface area contributed by atoms with Crippen molar-refractivity contribution in [2.45, 2.75) is 0 Å². The van der Waals surface area contributed by atoms with Crippen molar-refractivity contribution < 1.29 is 0 Å². The minimum absolute atomic E-state index is 1.24. The quantitative estimate of drug-likeness (QED) is 0.542. The highest BCUT2D eigenvalue weighted by atomic mass is 35.5. The third-order valence-corrected chi connectivity index (χ3v) is 1.30. The standard InChI is InChI=1S/C2H4ClN3S/c3-6-4-1-2-7-5-6/h1-2,4-5H. The van der Waals surface area contributed by atoms with E-state index in [1.54, 1.807) is 6.20 Å². The second kappa shape index (κ2) is 2.09. The molecule has 1 aromatic rings. The van der Waals surface area contributed by atoms with Gasteiger partial charge < -0.3 is 0 Å². The molecule has 0 aromatic carbocycles. The minimum atomic E-state index is 1.24. The molecule has 0 saturated carbocycles. The number of aromatic nitrogens is 3. The fourth-order valence-corrected chi connectivity index (χ4v) is 0.744. The van der Waals surface area contributed by atoms with Crippen LogP contribution in [0.2, 0.25) is 0 Å². The van der Waals surface area contributed by atoms with Crippen molar-refractivity contribution in [2.75, 3.05) is 0 Å². The number of nitrogens with zero attached hydrogens (tertiary/aromatic N) is 1. The molecule has 0 atom stereocenters. The van der Waals surface area contributed by atoms with Gasteiger partial charge in [-0.2, -0.15) is 0 Å². The molecule has 7 heavy (non-hydrogen) atoms. The third-order valence-electron chi connectivity index (χ3n) is 0.457. The molecule has 0 unspecified atom stereocenters. The number of nitrogens with one attached hydrogen (secondary N) is 2. The number of rotatable bonds is 0. The molecule has 1 aromatic heterocycles. The van der Waals surface area contributed by atoms with E-state index in [-0.39, 0.29) is 0 Å². The molecular weight excluding hydrogens is 134 g/mol. The van der Waals surface area contributed by atoms with E-state index in [1.807, 2.05) is 5.38 Å². The van der Waals surface area contributed by atoms with Gasteiger partial charge in [-0.15, -0.1) is 4.32 Å². The summed E-state index contributed by atoms with van der Waals surface area (Å²) in [6.45, 7) is 0. The summed E-state index contributed by atoms with van der Waals surface area (Å²) in [4.78, 5) is 0. The van der Waals surface area contributed by atoms with Crippen LogP contribution in [0.5, 0.6) is 0 Å². The van der Waals surface area contributed by atoms with Crippen molar-refractivity contribution in [2.24, 2.45) is 0 Å². The summed E-state index contributed by atoms with van der Waals surface area (Å²) < 4.78 is 3.94. The van der Waals surface area contributed by atoms with Gasteiger partial charge in [0.05, 0.1) is 11.8 Å². The summed E-state index contributed by atoms with van der Waals surface area (Å²) >= 11 is 6.76. The SMILES string of the molecule is Cln1[nH]ccs[nH]1. The van der Waals surface area contributed by atoms with Gasteiger partial charge in [0, 0.05) is 11.6 Å². The molecule has 40 valence electrons. The zero-order chi connectivity index (χ0) is 5.11. The maximum atomic E-state index is 5.36. The summed E-state index contributed by atoms with van der Waals surface area (Å²) in [5, 5.41) is 4.51. The average Bonchev–Trinajstić information content (AvgIpc) is 1.69. The average molecular weight is 138 g/mol. The maximum Gasteiger partial charge on any atom is 0.0558 e. The second-order valence-corrected chi connectivity index (χ2v) is 1.95. The largest absolute Gasteiger partial charge is 0.275 e. The molecule has 0 saturated heterocycles. The summed E-state index contributed by atoms with van der Waals surface area (Å²) in [7, 11) is 0. The van der Waals surface area contributed by atoms with Crippen LogP contribution in [0, 0.1) is 0 Å². The van der Waals surface area contributed by atoms with Crippen molar-refractivity contribution >= 4 is 23.3 Å². The molecule has 0 amide bonds. The molecule has 5 heteroatoms. The smallest absolute Gasteiger partial charge is 0.0558 e. The Hall–Kier alpha value is -0.350. The van der Waals surface area contributed by atoms with E-state index in [0.717, 1.165) is 0 Å². The van der Waals surface area contributed by atoms with Crippen molar-refractivity contribution in [1.82, 2.24) is 13.9 Å². The summed E-state index contributed by atoms with van der Waals surface area (Å²) in [6, 6.07) is 0. The van der Waals surface area contributed by atoms with Gasteiger partial charge in [-0.3, -0.25) is 5.10 Å². The first-order valence-electron chi connectivity index (χ1n) is 1.68. The number of halogens is 1. The molecule has 0 bridgehead atoms. The van der Waals surface area contributed by atoms with Gasteiger partial charge in [0.2, 0.25) is 0 Å². The zero-order valence-corrected chi connectivity index (χ0v) is 4.96. The molecule has 2 N–H and O–H groups in total. The van der Waals surface area contributed by atoms with Crippen LogP contribution in [0.1, 0.15) is 0 Å². The molecule has 3 nitrogen and oxygen atoms in total. The third kappa shape index (κ3) is 1.29. The van der Waals surface area contributed by atoms with Crippen LogP contribution in [0.4, 0.5) is 0 Å². The maximum absolute atomic E-state index is 5.36. The molecule has 0 fully saturated rings. The fourth-order valence-electron chi connectivity index (χ4n) is 0.233. The van der Waals surface area contributed by atoms with Crippen molar-refractivity contribution in [1.29, 1.82) is 0 Å². The van der Waals surface area contributed by atoms with E-state index in [9.17, 15) is 0 Å². The van der Waals surface area contributed by atoms with E-state index in [2.05, 4.69) is 9.59 Å². The summed E-state index contributed by atoms with van der Waals surface area (Å²) in [5.74, 6) is 0. The Morgan fingerprint density at radius 1 is 1.71 bits per heavy atom. The van der Waals surface area contributed by atoms with Gasteiger partial charge in [-0.05, 0) is 0 Å². The first kappa shape index (κ1) is 4.80. The van der Waals surface area contributed by atoms with Crippen LogP contribution < -0.4 is 0 Å². The Balaban J connectivity index is 3.02. The molecule has 0 spiro atoms. The Bertz CT molecular complexity index is 143. The first-order valence-corrected chi connectivity index (χ1v) is 2.90. The highest BCUT2D eigenvalue weighted by Crippen LogP contribution is 1.84. The fraction of sp³-hybridized carbons (Fsp3) is 0. The monoisotopic (exact) mass is 137 g/mol. The van der Waals surface area contributed by atoms with Gasteiger partial charge in [0.15, 0.2) is 0 Å². The first-order chi connectivity index (χ1) is 3.39. The minimum Gasteiger partial charge on any atom is -0.275 e. The number of hydrogen-bond donors (Lipinski definition) is 2. The normalized spacial score (nSPS) is 8.71. The zero-order valence-electron chi connectivity index (χ0n) is 3.39. The van der Waals surface area contributed by atoms with Crippen LogP contribution in [0.25, 0.3) is 0 Å². The van der Waals surface area contributed by atoms with Crippen LogP contribution in [0.15, 0.2) is 11.6 Å². The van der Waals surface area contributed by atoms with Crippen molar-refractivity contribution in [3.63, 3.8) is 0 Å². The van der Waals surface area contributed by atoms with Crippen LogP contribution >= 0.6 is 23.3 Å². The Kier molecular flexibility index (Phi) is 1.43. The van der Waals surface area contributed by atoms with E-state index in [4.69, 9.17) is 11.8 Å². The highest BCUT2D eigenvalue weighted by Gasteiger charge is 1.67. The van der Waals surface area contributed by atoms with Gasteiger partial charge in [-0.25, -0.2) is 4.49 Å². The molecule has 1 heterocycles. The van der Waals surface area contributed by atoms with Crippen LogP contribution in [-0.2, 0) is 0 Å². The number of aromatic amines is 2. The molecule has 0 aliphatic rings. The van der Waals surface area contributed by atoms with Gasteiger partial charge in [-0.1, -0.05) is 11.5 Å². The summed E-state index contributed by atoms with van der Waals surface area (Å²) in [5.41, 5.74) is 0. The van der Waals surface area contributed by atoms with Crippen molar-refractivity contribution in [3.8, 4) is 0 Å². The highest BCUT2D eigenvalue weighted by molar-refractivity contribution is 7.03.